The summed E-state index contributed by atoms with van der Waals surface area (Å²) >= 11 is 0. The predicted octanol–water partition coefficient (Wildman–Crippen LogP) is 7.13. The van der Waals surface area contributed by atoms with Gasteiger partial charge in [-0.1, -0.05) is 74.3 Å². The van der Waals surface area contributed by atoms with E-state index in [4.69, 9.17) is 0 Å². The van der Waals surface area contributed by atoms with Gasteiger partial charge >= 0.3 is 0 Å². The van der Waals surface area contributed by atoms with Crippen LogP contribution >= 0.6 is 0 Å². The number of rotatable bonds is 0. The van der Waals surface area contributed by atoms with E-state index >= 15 is 0 Å². The molecule has 3 aliphatic carbocycles. The number of hydrogen-bond acceptors (Lipinski definition) is 0. The minimum Gasteiger partial charge on any atom is -0.0879 e. The maximum Gasteiger partial charge on any atom is 0.00545 e. The monoisotopic (exact) mass is 322 g/mol. The van der Waals surface area contributed by atoms with Gasteiger partial charge in [0, 0.05) is 5.92 Å². The second-order valence-corrected chi connectivity index (χ2v) is 8.23. The summed E-state index contributed by atoms with van der Waals surface area (Å²) in [6.07, 6.45) is 12.8. The Morgan fingerprint density at radius 1 is 1.21 bits per heavy atom. The molecule has 0 saturated heterocycles. The molecule has 1 aromatic rings. The van der Waals surface area contributed by atoms with Crippen LogP contribution in [0.4, 0.5) is 0 Å². The van der Waals surface area contributed by atoms with E-state index in [0.717, 1.165) is 12.3 Å². The smallest absolute Gasteiger partial charge is 0.00545 e. The Labute approximate surface area is 149 Å². The van der Waals surface area contributed by atoms with Crippen LogP contribution in [0.15, 0.2) is 41.5 Å². The zero-order valence-electron chi connectivity index (χ0n) is 16.3. The van der Waals surface area contributed by atoms with Gasteiger partial charge in [0.05, 0.1) is 0 Å². The van der Waals surface area contributed by atoms with Gasteiger partial charge in [-0.15, -0.1) is 0 Å². The lowest BCUT2D eigenvalue weighted by Crippen LogP contribution is -2.34. The van der Waals surface area contributed by atoms with Gasteiger partial charge in [0.15, 0.2) is 0 Å². The van der Waals surface area contributed by atoms with Gasteiger partial charge < -0.3 is 0 Å². The van der Waals surface area contributed by atoms with E-state index in [2.05, 4.69) is 65.0 Å². The number of benzene rings is 1. The normalized spacial score (nSPS) is 32.2. The molecule has 4 rings (SSSR count). The molecule has 2 saturated carbocycles. The molecule has 0 amide bonds. The van der Waals surface area contributed by atoms with E-state index in [9.17, 15) is 0 Å². The quantitative estimate of drug-likeness (QED) is 0.445. The molecule has 0 aliphatic heterocycles. The van der Waals surface area contributed by atoms with Crippen LogP contribution in [0.5, 0.6) is 0 Å². The zero-order valence-corrected chi connectivity index (χ0v) is 16.3. The van der Waals surface area contributed by atoms with Crippen molar-refractivity contribution in [3.05, 3.63) is 58.2 Å². The Morgan fingerprint density at radius 2 is 1.96 bits per heavy atom. The first kappa shape index (κ1) is 17.5. The van der Waals surface area contributed by atoms with Crippen LogP contribution in [0.2, 0.25) is 0 Å². The van der Waals surface area contributed by atoms with Crippen LogP contribution in [0.25, 0.3) is 0 Å². The summed E-state index contributed by atoms with van der Waals surface area (Å²) in [5.74, 6) is 1.51. The molecule has 3 unspecified atom stereocenters. The Bertz CT molecular complexity index is 661. The summed E-state index contributed by atoms with van der Waals surface area (Å²) in [4.78, 5) is 0. The van der Waals surface area contributed by atoms with Crippen molar-refractivity contribution in [2.45, 2.75) is 79.1 Å². The van der Waals surface area contributed by atoms with Crippen LogP contribution in [-0.4, -0.2) is 0 Å². The molecule has 24 heavy (non-hydrogen) atoms. The van der Waals surface area contributed by atoms with E-state index in [1.54, 1.807) is 22.3 Å². The third-order valence-electron chi connectivity index (χ3n) is 6.54. The molecule has 0 bridgehead atoms. The van der Waals surface area contributed by atoms with E-state index in [1.165, 1.54) is 37.7 Å². The van der Waals surface area contributed by atoms with Gasteiger partial charge in [-0.25, -0.2) is 0 Å². The van der Waals surface area contributed by atoms with Gasteiger partial charge in [-0.3, -0.25) is 0 Å². The van der Waals surface area contributed by atoms with Crippen molar-refractivity contribution < 1.29 is 0 Å². The second-order valence-electron chi connectivity index (χ2n) is 8.23. The molecule has 3 aliphatic rings. The van der Waals surface area contributed by atoms with Crippen LogP contribution in [-0.2, 0) is 6.42 Å². The highest BCUT2D eigenvalue weighted by Gasteiger charge is 2.49. The van der Waals surface area contributed by atoms with Crippen molar-refractivity contribution in [3.8, 4) is 0 Å². The van der Waals surface area contributed by atoms with Gasteiger partial charge in [0.25, 0.3) is 0 Å². The molecule has 2 fully saturated rings. The summed E-state index contributed by atoms with van der Waals surface area (Å²) < 4.78 is 0. The molecule has 0 nitrogen and oxygen atoms in total. The lowest BCUT2D eigenvalue weighted by atomic mass is 9.59. The summed E-state index contributed by atoms with van der Waals surface area (Å²) in [6, 6.07) is 7.13. The summed E-state index contributed by atoms with van der Waals surface area (Å²) in [6.45, 7) is 11.2. The molecule has 3 atom stereocenters. The Kier molecular flexibility index (Phi) is 5.04. The third kappa shape index (κ3) is 2.79. The Hall–Kier alpha value is -1.30. The fourth-order valence-corrected chi connectivity index (χ4v) is 5.42. The molecular weight excluding hydrogens is 288 g/mol. The number of fused-ring (bicyclic) bond motifs is 5. The highest BCUT2D eigenvalue weighted by Crippen LogP contribution is 2.61. The van der Waals surface area contributed by atoms with Crippen molar-refractivity contribution in [1.29, 1.82) is 0 Å². The van der Waals surface area contributed by atoms with Crippen LogP contribution in [0, 0.1) is 18.3 Å². The number of hydrogen-bond donors (Lipinski definition) is 0. The van der Waals surface area contributed by atoms with Crippen LogP contribution < -0.4 is 0 Å². The van der Waals surface area contributed by atoms with Gasteiger partial charge in [0.2, 0.25) is 0 Å². The van der Waals surface area contributed by atoms with E-state index in [-0.39, 0.29) is 0 Å². The fourth-order valence-electron chi connectivity index (χ4n) is 5.42. The number of aryl methyl sites for hydroxylation is 1. The SMILES string of the molecule is C/C=C1/CCC2C3=CCc4cc(C)ccc4C3CCC12C.CCC. The van der Waals surface area contributed by atoms with Crippen molar-refractivity contribution in [3.63, 3.8) is 0 Å². The largest absolute Gasteiger partial charge is 0.0879 e. The van der Waals surface area contributed by atoms with Crippen molar-refractivity contribution in [2.24, 2.45) is 11.3 Å². The minimum absolute atomic E-state index is 0.458. The summed E-state index contributed by atoms with van der Waals surface area (Å²) in [7, 11) is 0. The standard InChI is InChI=1S/C21H26.C3H8/c1-4-16-7-10-20-19-9-6-15-13-14(2)5-8-17(15)18(19)11-12-21(16,20)3;1-3-2/h4-5,8-9,13,18,20H,6-7,10-12H2,1-3H3;3H2,1-2H3/b16-4-;. The highest BCUT2D eigenvalue weighted by atomic mass is 14.5. The molecule has 0 spiro atoms. The molecule has 0 heteroatoms. The van der Waals surface area contributed by atoms with Gasteiger partial charge in [-0.2, -0.15) is 0 Å². The molecule has 0 aromatic heterocycles. The van der Waals surface area contributed by atoms with E-state index in [1.807, 2.05) is 0 Å². The van der Waals surface area contributed by atoms with Crippen molar-refractivity contribution in [2.75, 3.05) is 0 Å². The minimum atomic E-state index is 0.458. The lowest BCUT2D eigenvalue weighted by Gasteiger charge is -2.45. The van der Waals surface area contributed by atoms with Gasteiger partial charge in [-0.05, 0) is 68.4 Å². The molecule has 130 valence electrons. The highest BCUT2D eigenvalue weighted by molar-refractivity contribution is 5.47. The van der Waals surface area contributed by atoms with Crippen molar-refractivity contribution >= 4 is 0 Å². The van der Waals surface area contributed by atoms with E-state index in [0.29, 0.717) is 11.3 Å². The maximum atomic E-state index is 2.59. The number of allylic oxidation sites excluding steroid dienone is 4. The first-order chi connectivity index (χ1) is 11.5. The average molecular weight is 323 g/mol. The Morgan fingerprint density at radius 3 is 2.67 bits per heavy atom. The first-order valence-corrected chi connectivity index (χ1v) is 10.00. The molecular formula is C24H34. The lowest BCUT2D eigenvalue weighted by molar-refractivity contribution is 0.229. The topological polar surface area (TPSA) is 0 Å². The third-order valence-corrected chi connectivity index (χ3v) is 6.54. The molecule has 1 aromatic carbocycles. The van der Waals surface area contributed by atoms with E-state index < -0.39 is 0 Å². The predicted molar refractivity (Wildman–Crippen MR) is 105 cm³/mol. The van der Waals surface area contributed by atoms with Crippen LogP contribution in [0.1, 0.15) is 82.4 Å². The molecule has 0 radical (unpaired) electrons. The zero-order chi connectivity index (χ0) is 17.3. The second kappa shape index (κ2) is 6.90. The van der Waals surface area contributed by atoms with Crippen LogP contribution in [0.3, 0.4) is 0 Å². The average Bonchev–Trinajstić information content (AvgIpc) is 2.91. The molecule has 0 N–H and O–H groups in total. The Balaban J connectivity index is 0.000000526. The summed E-state index contributed by atoms with van der Waals surface area (Å²) in [5, 5.41) is 0. The van der Waals surface area contributed by atoms with Crippen molar-refractivity contribution in [1.82, 2.24) is 0 Å². The fraction of sp³-hybridized carbons (Fsp3) is 0.583. The molecule has 0 heterocycles. The summed E-state index contributed by atoms with van der Waals surface area (Å²) in [5.41, 5.74) is 8.58. The maximum absolute atomic E-state index is 2.59. The first-order valence-electron chi connectivity index (χ1n) is 10.00. The van der Waals surface area contributed by atoms with Gasteiger partial charge in [0.1, 0.15) is 0 Å².